The smallest absolute Gasteiger partial charge is 0.224 e. The molecule has 1 aromatic rings. The number of carbonyl (C=O) groups is 1. The summed E-state index contributed by atoms with van der Waals surface area (Å²) in [5.74, 6) is -2.14. The number of allylic oxidation sites excluding steroid dienone is 1. The van der Waals surface area contributed by atoms with Gasteiger partial charge in [-0.15, -0.1) is 0 Å². The molecule has 0 aromatic heterocycles. The Morgan fingerprint density at radius 3 is 2.73 bits per heavy atom. The van der Waals surface area contributed by atoms with Gasteiger partial charge in [0.2, 0.25) is 5.91 Å². The van der Waals surface area contributed by atoms with Gasteiger partial charge in [-0.05, 0) is 50.3 Å². The van der Waals surface area contributed by atoms with E-state index in [2.05, 4.69) is 11.4 Å². The van der Waals surface area contributed by atoms with Crippen LogP contribution in [-0.4, -0.2) is 17.1 Å². The fourth-order valence-electron chi connectivity index (χ4n) is 2.64. The molecule has 0 saturated heterocycles. The second-order valence-corrected chi connectivity index (χ2v) is 5.76. The number of hydrogen-bond acceptors (Lipinski definition) is 2. The van der Waals surface area contributed by atoms with E-state index in [-0.39, 0.29) is 11.5 Å². The van der Waals surface area contributed by atoms with Crippen LogP contribution in [0.15, 0.2) is 29.8 Å². The van der Waals surface area contributed by atoms with Gasteiger partial charge in [-0.1, -0.05) is 17.7 Å². The molecular formula is C17H21F2NO2. The summed E-state index contributed by atoms with van der Waals surface area (Å²) in [5, 5.41) is 12.9. The highest BCUT2D eigenvalue weighted by Gasteiger charge is 2.20. The van der Waals surface area contributed by atoms with Gasteiger partial charge in [0.15, 0.2) is 11.6 Å². The maximum Gasteiger partial charge on any atom is 0.224 e. The maximum absolute atomic E-state index is 13.2. The largest absolute Gasteiger partial charge is 0.386 e. The van der Waals surface area contributed by atoms with Crippen LogP contribution in [0.2, 0.25) is 0 Å². The van der Waals surface area contributed by atoms with Crippen molar-refractivity contribution in [2.75, 3.05) is 0 Å². The molecule has 1 amide bonds. The Balaban J connectivity index is 1.92. The molecule has 22 heavy (non-hydrogen) atoms. The zero-order valence-corrected chi connectivity index (χ0v) is 12.6. The van der Waals surface area contributed by atoms with Crippen LogP contribution < -0.4 is 5.32 Å². The molecule has 2 unspecified atom stereocenters. The second-order valence-electron chi connectivity index (χ2n) is 5.76. The number of hydrogen-bond donors (Lipinski definition) is 2. The third-order valence-electron chi connectivity index (χ3n) is 3.92. The Morgan fingerprint density at radius 2 is 2.09 bits per heavy atom. The maximum atomic E-state index is 13.2. The Morgan fingerprint density at radius 1 is 1.32 bits per heavy atom. The number of amides is 1. The van der Waals surface area contributed by atoms with Crippen LogP contribution in [0.4, 0.5) is 8.78 Å². The van der Waals surface area contributed by atoms with Crippen molar-refractivity contribution in [1.29, 1.82) is 0 Å². The minimum absolute atomic E-state index is 0.165. The average molecular weight is 309 g/mol. The van der Waals surface area contributed by atoms with E-state index in [0.717, 1.165) is 43.4 Å². The molecule has 0 saturated carbocycles. The Labute approximate surface area is 129 Å². The number of aliphatic hydroxyl groups excluding tert-OH is 1. The van der Waals surface area contributed by atoms with Crippen molar-refractivity contribution in [1.82, 2.24) is 5.32 Å². The monoisotopic (exact) mass is 309 g/mol. The van der Waals surface area contributed by atoms with E-state index >= 15 is 0 Å². The lowest BCUT2D eigenvalue weighted by molar-refractivity contribution is -0.121. The molecule has 3 nitrogen and oxygen atoms in total. The van der Waals surface area contributed by atoms with E-state index in [1.54, 1.807) is 6.92 Å². The lowest BCUT2D eigenvalue weighted by atomic mass is 9.96. The normalized spacial score (nSPS) is 17.5. The molecule has 2 atom stereocenters. The van der Waals surface area contributed by atoms with Crippen molar-refractivity contribution in [3.63, 3.8) is 0 Å². The summed E-state index contributed by atoms with van der Waals surface area (Å²) in [6.07, 6.45) is 5.56. The molecule has 0 bridgehead atoms. The van der Waals surface area contributed by atoms with E-state index in [9.17, 15) is 18.7 Å². The van der Waals surface area contributed by atoms with Crippen molar-refractivity contribution in [2.45, 2.75) is 51.2 Å². The first-order chi connectivity index (χ1) is 10.5. The topological polar surface area (TPSA) is 49.3 Å². The van der Waals surface area contributed by atoms with Crippen molar-refractivity contribution in [2.24, 2.45) is 0 Å². The number of benzene rings is 1. The molecule has 0 aliphatic heterocycles. The number of rotatable bonds is 5. The van der Waals surface area contributed by atoms with E-state index in [1.165, 1.54) is 6.07 Å². The van der Waals surface area contributed by atoms with Crippen LogP contribution in [0.1, 0.15) is 50.7 Å². The molecule has 2 N–H and O–H groups in total. The van der Waals surface area contributed by atoms with Crippen molar-refractivity contribution < 1.29 is 18.7 Å². The second kappa shape index (κ2) is 7.49. The standard InChI is InChI=1S/C17H21F2NO2/c1-11(17(22)13-7-8-14(18)15(19)10-13)20-16(21)9-12-5-3-2-4-6-12/h5,7-8,10-11,17,22H,2-4,6,9H2,1H3,(H,20,21). The van der Waals surface area contributed by atoms with Gasteiger partial charge in [-0.2, -0.15) is 0 Å². The molecule has 0 radical (unpaired) electrons. The van der Waals surface area contributed by atoms with Gasteiger partial charge in [-0.25, -0.2) is 8.78 Å². The number of carbonyl (C=O) groups excluding carboxylic acids is 1. The van der Waals surface area contributed by atoms with Crippen molar-refractivity contribution in [3.05, 3.63) is 47.0 Å². The van der Waals surface area contributed by atoms with Crippen LogP contribution in [0.5, 0.6) is 0 Å². The van der Waals surface area contributed by atoms with Crippen molar-refractivity contribution in [3.8, 4) is 0 Å². The lowest BCUT2D eigenvalue weighted by Crippen LogP contribution is -2.37. The lowest BCUT2D eigenvalue weighted by Gasteiger charge is -2.21. The molecule has 0 heterocycles. The summed E-state index contributed by atoms with van der Waals surface area (Å²) in [7, 11) is 0. The highest BCUT2D eigenvalue weighted by molar-refractivity contribution is 5.78. The minimum Gasteiger partial charge on any atom is -0.386 e. The highest BCUT2D eigenvalue weighted by Crippen LogP contribution is 2.22. The molecule has 1 aromatic carbocycles. The third kappa shape index (κ3) is 4.37. The van der Waals surface area contributed by atoms with E-state index in [0.29, 0.717) is 6.42 Å². The van der Waals surface area contributed by atoms with Gasteiger partial charge in [0.05, 0.1) is 12.1 Å². The Kier molecular flexibility index (Phi) is 5.66. The highest BCUT2D eigenvalue weighted by atomic mass is 19.2. The van der Waals surface area contributed by atoms with Crippen LogP contribution >= 0.6 is 0 Å². The summed E-state index contributed by atoms with van der Waals surface area (Å²) in [6.45, 7) is 1.64. The van der Waals surface area contributed by atoms with Crippen LogP contribution in [0.3, 0.4) is 0 Å². The first kappa shape index (κ1) is 16.6. The predicted molar refractivity (Wildman–Crippen MR) is 80.1 cm³/mol. The molecule has 5 heteroatoms. The van der Waals surface area contributed by atoms with Crippen LogP contribution in [0.25, 0.3) is 0 Å². The van der Waals surface area contributed by atoms with Gasteiger partial charge in [0.25, 0.3) is 0 Å². The fraction of sp³-hybridized carbons (Fsp3) is 0.471. The van der Waals surface area contributed by atoms with Gasteiger partial charge in [0.1, 0.15) is 0 Å². The van der Waals surface area contributed by atoms with E-state index in [1.807, 2.05) is 0 Å². The first-order valence-corrected chi connectivity index (χ1v) is 7.57. The quantitative estimate of drug-likeness (QED) is 0.819. The molecule has 120 valence electrons. The fourth-order valence-corrected chi connectivity index (χ4v) is 2.64. The van der Waals surface area contributed by atoms with Crippen molar-refractivity contribution >= 4 is 5.91 Å². The van der Waals surface area contributed by atoms with Gasteiger partial charge >= 0.3 is 0 Å². The molecular weight excluding hydrogens is 288 g/mol. The van der Waals surface area contributed by atoms with Crippen LogP contribution in [0, 0.1) is 11.6 Å². The summed E-state index contributed by atoms with van der Waals surface area (Å²) >= 11 is 0. The van der Waals surface area contributed by atoms with Gasteiger partial charge < -0.3 is 10.4 Å². The summed E-state index contributed by atoms with van der Waals surface area (Å²) in [4.78, 5) is 12.0. The average Bonchev–Trinajstić information content (AvgIpc) is 2.50. The Hall–Kier alpha value is -1.75. The molecule has 0 spiro atoms. The minimum atomic E-state index is -1.08. The van der Waals surface area contributed by atoms with Gasteiger partial charge in [-0.3, -0.25) is 4.79 Å². The van der Waals surface area contributed by atoms with E-state index < -0.39 is 23.8 Å². The summed E-state index contributed by atoms with van der Waals surface area (Å²) in [5.41, 5.74) is 1.36. The SMILES string of the molecule is CC(NC(=O)CC1=CCCCC1)C(O)c1ccc(F)c(F)c1. The number of aliphatic hydroxyl groups is 1. The molecule has 2 rings (SSSR count). The summed E-state index contributed by atoms with van der Waals surface area (Å²) < 4.78 is 26.1. The Bertz CT molecular complexity index is 572. The third-order valence-corrected chi connectivity index (χ3v) is 3.92. The first-order valence-electron chi connectivity index (χ1n) is 7.57. The zero-order valence-electron chi connectivity index (χ0n) is 12.6. The molecule has 1 aliphatic rings. The van der Waals surface area contributed by atoms with E-state index in [4.69, 9.17) is 0 Å². The zero-order chi connectivity index (χ0) is 16.1. The molecule has 0 fully saturated rings. The van der Waals surface area contributed by atoms with Crippen LogP contribution in [-0.2, 0) is 4.79 Å². The number of nitrogens with one attached hydrogen (secondary N) is 1. The molecule has 1 aliphatic carbocycles. The summed E-state index contributed by atoms with van der Waals surface area (Å²) in [6, 6.07) is 2.65. The number of halogens is 2. The van der Waals surface area contributed by atoms with Gasteiger partial charge in [0, 0.05) is 6.42 Å². The predicted octanol–water partition coefficient (Wildman–Crippen LogP) is 3.39.